The van der Waals surface area contributed by atoms with Gasteiger partial charge in [-0.3, -0.25) is 0 Å². The molecule has 0 bridgehead atoms. The van der Waals surface area contributed by atoms with Gasteiger partial charge in [0.05, 0.1) is 16.1 Å². The van der Waals surface area contributed by atoms with Gasteiger partial charge in [0.25, 0.3) is 0 Å². The van der Waals surface area contributed by atoms with Crippen LogP contribution >= 0.6 is 11.6 Å². The summed E-state index contributed by atoms with van der Waals surface area (Å²) in [4.78, 5) is 21.2. The van der Waals surface area contributed by atoms with Gasteiger partial charge in [-0.1, -0.05) is 11.6 Å². The Kier molecular flexibility index (Phi) is 5.10. The number of carboxylic acids is 2. The van der Waals surface area contributed by atoms with Crippen LogP contribution in [0.25, 0.3) is 0 Å². The Bertz CT molecular complexity index is 386. The third-order valence-corrected chi connectivity index (χ3v) is 1.96. The minimum atomic E-state index is -1.31. The number of benzene rings is 1. The molecular weight excluding hydrogens is 233 g/mol. The number of nitrogen functional groups attached to an aromatic ring is 1. The van der Waals surface area contributed by atoms with Crippen LogP contribution in [0, 0.1) is 0 Å². The van der Waals surface area contributed by atoms with Gasteiger partial charge in [-0.2, -0.15) is 0 Å². The zero-order valence-corrected chi connectivity index (χ0v) is 7.58. The topological polar surface area (TPSA) is 101 Å². The van der Waals surface area contributed by atoms with Crippen molar-refractivity contribution < 1.29 is 19.8 Å². The van der Waals surface area contributed by atoms with Gasteiger partial charge in [-0.05, 0) is 12.1 Å². The Hall–Kier alpha value is -0.750. The van der Waals surface area contributed by atoms with E-state index >= 15 is 0 Å². The van der Waals surface area contributed by atoms with E-state index in [4.69, 9.17) is 27.5 Å². The molecule has 0 unspecified atom stereocenters. The molecule has 4 N–H and O–H groups in total. The Morgan fingerprint density at radius 1 is 1.13 bits per heavy atom. The summed E-state index contributed by atoms with van der Waals surface area (Å²) in [6.45, 7) is 0. The third-order valence-electron chi connectivity index (χ3n) is 1.56. The second kappa shape index (κ2) is 5.37. The Balaban J connectivity index is 0.00000196. The second-order valence-corrected chi connectivity index (χ2v) is 2.92. The molecule has 0 aliphatic heterocycles. The van der Waals surface area contributed by atoms with E-state index in [9.17, 15) is 9.59 Å². The molecule has 1 aromatic carbocycles. The van der Waals surface area contributed by atoms with E-state index in [0.717, 1.165) is 12.1 Å². The number of halogens is 1. The molecule has 0 aliphatic rings. The number of hydrogen-bond donors (Lipinski definition) is 3. The molecule has 0 aliphatic carbocycles. The molecular formula is C8H7ClNNaO4. The number of aromatic carboxylic acids is 2. The van der Waals surface area contributed by atoms with Crippen molar-refractivity contribution >= 4 is 58.8 Å². The molecule has 0 heterocycles. The summed E-state index contributed by atoms with van der Waals surface area (Å²) >= 11 is 5.55. The molecule has 0 spiro atoms. The first-order valence-electron chi connectivity index (χ1n) is 3.49. The van der Waals surface area contributed by atoms with E-state index in [-0.39, 0.29) is 51.4 Å². The number of carbonyl (C=O) groups is 2. The summed E-state index contributed by atoms with van der Waals surface area (Å²) in [5.41, 5.74) is 4.73. The van der Waals surface area contributed by atoms with Gasteiger partial charge >= 0.3 is 41.5 Å². The van der Waals surface area contributed by atoms with Crippen LogP contribution in [0.3, 0.4) is 0 Å². The fraction of sp³-hybridized carbons (Fsp3) is 0. The minimum absolute atomic E-state index is 0. The number of hydrogen-bond acceptors (Lipinski definition) is 3. The fourth-order valence-electron chi connectivity index (χ4n) is 0.958. The molecule has 76 valence electrons. The predicted molar refractivity (Wildman–Crippen MR) is 56.9 cm³/mol. The van der Waals surface area contributed by atoms with Crippen LogP contribution in [-0.2, 0) is 0 Å². The van der Waals surface area contributed by atoms with Crippen molar-refractivity contribution in [1.82, 2.24) is 0 Å². The van der Waals surface area contributed by atoms with Crippen molar-refractivity contribution in [3.63, 3.8) is 0 Å². The van der Waals surface area contributed by atoms with E-state index in [1.54, 1.807) is 0 Å². The fourth-order valence-corrected chi connectivity index (χ4v) is 1.23. The van der Waals surface area contributed by atoms with Crippen LogP contribution in [0.1, 0.15) is 20.7 Å². The van der Waals surface area contributed by atoms with Crippen LogP contribution in [0.4, 0.5) is 5.69 Å². The third kappa shape index (κ3) is 3.10. The summed E-state index contributed by atoms with van der Waals surface area (Å²) in [7, 11) is 0. The molecule has 7 heteroatoms. The van der Waals surface area contributed by atoms with Crippen molar-refractivity contribution in [1.29, 1.82) is 0 Å². The molecule has 0 aromatic heterocycles. The van der Waals surface area contributed by atoms with Crippen molar-refractivity contribution in [3.05, 3.63) is 28.3 Å². The number of rotatable bonds is 2. The van der Waals surface area contributed by atoms with Crippen LogP contribution in [-0.4, -0.2) is 51.7 Å². The molecule has 0 atom stereocenters. The van der Waals surface area contributed by atoms with Gasteiger partial charge in [-0.15, -0.1) is 0 Å². The van der Waals surface area contributed by atoms with Crippen LogP contribution in [0.15, 0.2) is 12.1 Å². The summed E-state index contributed by atoms with van der Waals surface area (Å²) in [5, 5.41) is 17.0. The van der Waals surface area contributed by atoms with Crippen LogP contribution in [0.2, 0.25) is 5.02 Å². The van der Waals surface area contributed by atoms with Crippen LogP contribution in [0.5, 0.6) is 0 Å². The van der Waals surface area contributed by atoms with Crippen molar-refractivity contribution in [2.24, 2.45) is 0 Å². The summed E-state index contributed by atoms with van der Waals surface area (Å²) in [6.07, 6.45) is 0. The number of anilines is 1. The Labute approximate surface area is 112 Å². The van der Waals surface area contributed by atoms with Gasteiger partial charge in [0.2, 0.25) is 0 Å². The predicted octanol–water partition coefficient (Wildman–Crippen LogP) is 0.670. The first kappa shape index (κ1) is 14.2. The molecule has 1 rings (SSSR count). The Morgan fingerprint density at radius 3 is 1.73 bits per heavy atom. The standard InChI is InChI=1S/C8H6ClNO4.Na.H/c9-6-4(7(11)12)1-3(10)2-5(6)8(13)14;;/h1-2H,10H2,(H,11,12)(H,13,14);;. The summed E-state index contributed by atoms with van der Waals surface area (Å²) in [6, 6.07) is 2.22. The van der Waals surface area contributed by atoms with Gasteiger partial charge in [0, 0.05) is 5.69 Å². The normalized spacial score (nSPS) is 9.13. The SMILES string of the molecule is Nc1cc(C(=O)O)c(Cl)c(C(=O)O)c1.[NaH]. The maximum atomic E-state index is 10.6. The quantitative estimate of drug-likeness (QED) is 0.520. The molecule has 0 radical (unpaired) electrons. The number of carboxylic acid groups (broad SMARTS) is 2. The maximum absolute atomic E-state index is 10.6. The van der Waals surface area contributed by atoms with Gasteiger partial charge in [0.15, 0.2) is 0 Å². The average Bonchev–Trinajstić information content (AvgIpc) is 2.07. The molecule has 1 aromatic rings. The molecule has 0 saturated heterocycles. The van der Waals surface area contributed by atoms with E-state index in [1.165, 1.54) is 0 Å². The van der Waals surface area contributed by atoms with Crippen molar-refractivity contribution in [2.45, 2.75) is 0 Å². The zero-order valence-electron chi connectivity index (χ0n) is 6.82. The Morgan fingerprint density at radius 2 is 1.47 bits per heavy atom. The van der Waals surface area contributed by atoms with Gasteiger partial charge in [-0.25, -0.2) is 9.59 Å². The monoisotopic (exact) mass is 239 g/mol. The van der Waals surface area contributed by atoms with E-state index < -0.39 is 11.9 Å². The van der Waals surface area contributed by atoms with Gasteiger partial charge < -0.3 is 15.9 Å². The second-order valence-electron chi connectivity index (χ2n) is 2.54. The number of nitrogens with two attached hydrogens (primary N) is 1. The van der Waals surface area contributed by atoms with E-state index in [1.807, 2.05) is 0 Å². The van der Waals surface area contributed by atoms with E-state index in [0.29, 0.717) is 0 Å². The van der Waals surface area contributed by atoms with Crippen LogP contribution < -0.4 is 5.73 Å². The summed E-state index contributed by atoms with van der Waals surface area (Å²) in [5.74, 6) is -2.63. The van der Waals surface area contributed by atoms with Crippen molar-refractivity contribution in [2.75, 3.05) is 5.73 Å². The molecule has 0 fully saturated rings. The molecule has 15 heavy (non-hydrogen) atoms. The average molecular weight is 240 g/mol. The van der Waals surface area contributed by atoms with Crippen molar-refractivity contribution in [3.8, 4) is 0 Å². The first-order chi connectivity index (χ1) is 6.43. The first-order valence-corrected chi connectivity index (χ1v) is 3.87. The molecule has 0 amide bonds. The zero-order chi connectivity index (χ0) is 10.9. The summed E-state index contributed by atoms with van der Waals surface area (Å²) < 4.78 is 0. The molecule has 5 nitrogen and oxygen atoms in total. The molecule has 0 saturated carbocycles. The van der Waals surface area contributed by atoms with Gasteiger partial charge in [0.1, 0.15) is 0 Å². The van der Waals surface area contributed by atoms with E-state index in [2.05, 4.69) is 0 Å².